The first-order valence-corrected chi connectivity index (χ1v) is 8.13. The Morgan fingerprint density at radius 3 is 2.78 bits per heavy atom. The lowest BCUT2D eigenvalue weighted by Crippen LogP contribution is -2.52. The van der Waals surface area contributed by atoms with Gasteiger partial charge in [0.2, 0.25) is 5.91 Å². The number of allylic oxidation sites excluding steroid dienone is 2. The lowest BCUT2D eigenvalue weighted by Gasteiger charge is -2.33. The van der Waals surface area contributed by atoms with E-state index in [1.165, 1.54) is 6.08 Å². The first-order valence-electron chi connectivity index (χ1n) is 7.05. The minimum atomic E-state index is -1.44. The second-order valence-corrected chi connectivity index (χ2v) is 6.54. The van der Waals surface area contributed by atoms with E-state index in [0.29, 0.717) is 5.69 Å². The van der Waals surface area contributed by atoms with Gasteiger partial charge < -0.3 is 15.7 Å². The fraction of sp³-hybridized carbons (Fsp3) is 0.312. The summed E-state index contributed by atoms with van der Waals surface area (Å²) in [6.45, 7) is 1.67. The molecule has 1 aromatic rings. The van der Waals surface area contributed by atoms with Gasteiger partial charge in [-0.1, -0.05) is 0 Å². The van der Waals surface area contributed by atoms with Crippen molar-refractivity contribution in [3.63, 3.8) is 0 Å². The van der Waals surface area contributed by atoms with E-state index in [1.807, 2.05) is 19.1 Å². The third-order valence-corrected chi connectivity index (χ3v) is 4.23. The Kier molecular flexibility index (Phi) is 5.74. The van der Waals surface area contributed by atoms with Crippen molar-refractivity contribution in [1.29, 1.82) is 0 Å². The molecule has 0 bridgehead atoms. The van der Waals surface area contributed by atoms with Crippen molar-refractivity contribution in [2.45, 2.75) is 18.9 Å². The molecule has 1 atom stereocenters. The Balaban J connectivity index is 2.35. The third-order valence-electron chi connectivity index (χ3n) is 3.56. The molecule has 1 unspecified atom stereocenters. The Bertz CT molecular complexity index is 676. The van der Waals surface area contributed by atoms with E-state index in [0.717, 1.165) is 15.2 Å². The van der Waals surface area contributed by atoms with Gasteiger partial charge in [-0.15, -0.1) is 0 Å². The smallest absolute Gasteiger partial charge is 0.250 e. The molecule has 4 nitrogen and oxygen atoms in total. The lowest BCUT2D eigenvalue weighted by molar-refractivity contribution is -0.124. The number of amides is 1. The average Bonchev–Trinajstić information content (AvgIpc) is 2.51. The number of aryl methyl sites for hydroxylation is 1. The summed E-state index contributed by atoms with van der Waals surface area (Å²) in [5, 5.41) is 14.4. The summed E-state index contributed by atoms with van der Waals surface area (Å²) in [7, 11) is 0. The number of hydrogen-bond acceptors (Lipinski definition) is 3. The normalized spacial score (nSPS) is 20.6. The molecule has 0 aliphatic heterocycles. The van der Waals surface area contributed by atoms with Gasteiger partial charge in [0, 0.05) is 22.2 Å². The highest BCUT2D eigenvalue weighted by Gasteiger charge is 2.40. The number of benzene rings is 1. The van der Waals surface area contributed by atoms with Crippen LogP contribution in [0.15, 0.2) is 42.0 Å². The van der Waals surface area contributed by atoms with Crippen LogP contribution in [0.4, 0.5) is 14.5 Å². The fourth-order valence-corrected chi connectivity index (χ4v) is 2.97. The number of hydrogen-bond donors (Lipinski definition) is 3. The van der Waals surface area contributed by atoms with Gasteiger partial charge in [0.05, 0.1) is 6.61 Å². The number of aliphatic hydroxyl groups is 1. The molecule has 0 spiro atoms. The van der Waals surface area contributed by atoms with E-state index < -0.39 is 29.5 Å². The zero-order chi connectivity index (χ0) is 17.0. The second kappa shape index (κ2) is 7.39. The van der Waals surface area contributed by atoms with Crippen molar-refractivity contribution in [2.75, 3.05) is 18.5 Å². The zero-order valence-corrected chi connectivity index (χ0v) is 14.7. The molecule has 1 aromatic carbocycles. The summed E-state index contributed by atoms with van der Waals surface area (Å²) in [5.74, 6) is -2.48. The number of rotatable bonds is 5. The molecule has 0 fully saturated rings. The molecule has 3 N–H and O–H groups in total. The number of aliphatic hydroxyl groups excluding tert-OH is 1. The van der Waals surface area contributed by atoms with Crippen LogP contribution in [-0.2, 0) is 4.79 Å². The molecule has 124 valence electrons. The van der Waals surface area contributed by atoms with E-state index in [2.05, 4.69) is 33.2 Å². The standard InChI is InChI=1S/C16H17F2IN2O2/c1-10-8-11(19)2-3-14(10)21-16(15(23)20-6-7-22)5-4-12(17)13(18)9-16/h2-5,8,21-22H,6-7,9H2,1H3,(H,20,23). The van der Waals surface area contributed by atoms with Gasteiger partial charge in [-0.3, -0.25) is 4.79 Å². The SMILES string of the molecule is Cc1cc(I)ccc1NC1(C(=O)NCCO)C=CC(F)=C(F)C1. The van der Waals surface area contributed by atoms with Gasteiger partial charge in [-0.2, -0.15) is 0 Å². The number of anilines is 1. The quantitative estimate of drug-likeness (QED) is 0.625. The van der Waals surface area contributed by atoms with Crippen molar-refractivity contribution in [2.24, 2.45) is 0 Å². The maximum Gasteiger partial charge on any atom is 0.250 e. The van der Waals surface area contributed by atoms with Gasteiger partial charge in [0.25, 0.3) is 0 Å². The Hall–Kier alpha value is -1.48. The largest absolute Gasteiger partial charge is 0.395 e. The molecule has 1 aliphatic rings. The van der Waals surface area contributed by atoms with Crippen LogP contribution in [0.5, 0.6) is 0 Å². The predicted octanol–water partition coefficient (Wildman–Crippen LogP) is 2.97. The van der Waals surface area contributed by atoms with Crippen molar-refractivity contribution in [3.8, 4) is 0 Å². The summed E-state index contributed by atoms with van der Waals surface area (Å²) in [5.41, 5.74) is 0.103. The molecule has 0 aromatic heterocycles. The van der Waals surface area contributed by atoms with Crippen molar-refractivity contribution in [1.82, 2.24) is 5.32 Å². The first-order chi connectivity index (χ1) is 10.9. The summed E-state index contributed by atoms with van der Waals surface area (Å²) in [6.07, 6.45) is 1.83. The number of carbonyl (C=O) groups is 1. The maximum atomic E-state index is 13.8. The lowest BCUT2D eigenvalue weighted by atomic mass is 9.88. The van der Waals surface area contributed by atoms with Gasteiger partial charge in [-0.25, -0.2) is 8.78 Å². The molecule has 0 saturated carbocycles. The van der Waals surface area contributed by atoms with E-state index in [-0.39, 0.29) is 13.2 Å². The van der Waals surface area contributed by atoms with E-state index >= 15 is 0 Å². The topological polar surface area (TPSA) is 61.4 Å². The molecule has 7 heteroatoms. The fourth-order valence-electron chi connectivity index (χ4n) is 2.33. The van der Waals surface area contributed by atoms with Crippen LogP contribution < -0.4 is 10.6 Å². The van der Waals surface area contributed by atoms with Gasteiger partial charge >= 0.3 is 0 Å². The van der Waals surface area contributed by atoms with E-state index in [1.54, 1.807) is 6.07 Å². The Morgan fingerprint density at radius 1 is 1.43 bits per heavy atom. The first kappa shape index (κ1) is 17.9. The van der Waals surface area contributed by atoms with Crippen LogP contribution in [0.2, 0.25) is 0 Å². The van der Waals surface area contributed by atoms with Crippen LogP contribution in [0.25, 0.3) is 0 Å². The summed E-state index contributed by atoms with van der Waals surface area (Å²) in [6, 6.07) is 5.56. The monoisotopic (exact) mass is 434 g/mol. The number of nitrogens with one attached hydrogen (secondary N) is 2. The van der Waals surface area contributed by atoms with Gasteiger partial charge in [0.15, 0.2) is 5.83 Å². The van der Waals surface area contributed by atoms with Crippen molar-refractivity contribution in [3.05, 3.63) is 51.1 Å². The molecule has 1 aliphatic carbocycles. The molecule has 23 heavy (non-hydrogen) atoms. The molecule has 0 heterocycles. The molecule has 0 saturated heterocycles. The number of carbonyl (C=O) groups excluding carboxylic acids is 1. The maximum absolute atomic E-state index is 13.8. The van der Waals surface area contributed by atoms with Gasteiger partial charge in [0.1, 0.15) is 11.4 Å². The molecule has 2 rings (SSSR count). The third kappa shape index (κ3) is 4.08. The van der Waals surface area contributed by atoms with Gasteiger partial charge in [-0.05, 0) is 65.4 Å². The number of halogens is 3. The molecular weight excluding hydrogens is 417 g/mol. The van der Waals surface area contributed by atoms with Crippen molar-refractivity contribution < 1.29 is 18.7 Å². The van der Waals surface area contributed by atoms with Crippen LogP contribution in [0.3, 0.4) is 0 Å². The highest BCUT2D eigenvalue weighted by Crippen LogP contribution is 2.33. The summed E-state index contributed by atoms with van der Waals surface area (Å²) < 4.78 is 28.2. The zero-order valence-electron chi connectivity index (χ0n) is 12.5. The van der Waals surface area contributed by atoms with E-state index in [9.17, 15) is 13.6 Å². The molecular formula is C16H17F2IN2O2. The predicted molar refractivity (Wildman–Crippen MR) is 93.3 cm³/mol. The van der Waals surface area contributed by atoms with E-state index in [4.69, 9.17) is 5.11 Å². The Labute approximate surface area is 146 Å². The van der Waals surface area contributed by atoms with Crippen LogP contribution in [-0.4, -0.2) is 29.7 Å². The Morgan fingerprint density at radius 2 is 2.17 bits per heavy atom. The average molecular weight is 434 g/mol. The van der Waals surface area contributed by atoms with Crippen LogP contribution in [0.1, 0.15) is 12.0 Å². The molecule has 1 amide bonds. The highest BCUT2D eigenvalue weighted by atomic mass is 127. The van der Waals surface area contributed by atoms with Crippen LogP contribution in [0, 0.1) is 10.5 Å². The summed E-state index contributed by atoms with van der Waals surface area (Å²) >= 11 is 2.17. The second-order valence-electron chi connectivity index (χ2n) is 5.30. The highest BCUT2D eigenvalue weighted by molar-refractivity contribution is 14.1. The van der Waals surface area contributed by atoms with Crippen molar-refractivity contribution >= 4 is 34.2 Å². The minimum Gasteiger partial charge on any atom is -0.395 e. The molecule has 0 radical (unpaired) electrons. The summed E-state index contributed by atoms with van der Waals surface area (Å²) in [4.78, 5) is 12.5. The minimum absolute atomic E-state index is 0.0373. The van der Waals surface area contributed by atoms with Crippen LogP contribution >= 0.6 is 22.6 Å².